The minimum atomic E-state index is 0.0285. The molecule has 4 nitrogen and oxygen atoms in total. The molecular formula is C13H19NO3S. The van der Waals surface area contributed by atoms with E-state index in [2.05, 4.69) is 0 Å². The molecule has 0 unspecified atom stereocenters. The van der Waals surface area contributed by atoms with Crippen molar-refractivity contribution >= 4 is 17.2 Å². The normalized spacial score (nSPS) is 10.4. The molecule has 0 heterocycles. The first-order valence-electron chi connectivity index (χ1n) is 5.78. The van der Waals surface area contributed by atoms with Crippen LogP contribution >= 0.6 is 12.2 Å². The summed E-state index contributed by atoms with van der Waals surface area (Å²) >= 11 is 4.95. The van der Waals surface area contributed by atoms with Gasteiger partial charge in [0.05, 0.1) is 19.8 Å². The highest BCUT2D eigenvalue weighted by Gasteiger charge is 2.07. The summed E-state index contributed by atoms with van der Waals surface area (Å²) in [5, 5.41) is 8.56. The van der Waals surface area contributed by atoms with Crippen molar-refractivity contribution in [1.29, 1.82) is 0 Å². The summed E-state index contributed by atoms with van der Waals surface area (Å²) in [4.78, 5) is 0.388. The van der Waals surface area contributed by atoms with Gasteiger partial charge in [0, 0.05) is 5.56 Å². The van der Waals surface area contributed by atoms with E-state index in [1.165, 1.54) is 0 Å². The Morgan fingerprint density at radius 1 is 1.22 bits per heavy atom. The van der Waals surface area contributed by atoms with Crippen molar-refractivity contribution in [1.82, 2.24) is 0 Å². The van der Waals surface area contributed by atoms with Crippen molar-refractivity contribution in [3.8, 4) is 5.75 Å². The summed E-state index contributed by atoms with van der Waals surface area (Å²) in [5.41, 5.74) is 8.45. The molecule has 0 aromatic heterocycles. The van der Waals surface area contributed by atoms with Gasteiger partial charge in [-0.25, -0.2) is 0 Å². The van der Waals surface area contributed by atoms with Crippen molar-refractivity contribution in [2.24, 2.45) is 5.73 Å². The molecule has 0 spiro atoms. The average Bonchev–Trinajstić information content (AvgIpc) is 2.31. The second-order valence-corrected chi connectivity index (χ2v) is 4.43. The number of aliphatic hydroxyl groups is 1. The third kappa shape index (κ3) is 4.25. The van der Waals surface area contributed by atoms with Crippen LogP contribution in [-0.4, -0.2) is 36.5 Å². The van der Waals surface area contributed by atoms with Crippen LogP contribution < -0.4 is 10.5 Å². The van der Waals surface area contributed by atoms with Crippen molar-refractivity contribution in [2.45, 2.75) is 13.8 Å². The summed E-state index contributed by atoms with van der Waals surface area (Å²) in [6.07, 6.45) is 0. The van der Waals surface area contributed by atoms with Gasteiger partial charge in [-0.3, -0.25) is 0 Å². The second-order valence-electron chi connectivity index (χ2n) is 3.99. The Balaban J connectivity index is 2.63. The maximum Gasteiger partial charge on any atom is 0.125 e. The van der Waals surface area contributed by atoms with Crippen molar-refractivity contribution in [2.75, 3.05) is 26.4 Å². The van der Waals surface area contributed by atoms with E-state index in [1.807, 2.05) is 26.0 Å². The second kappa shape index (κ2) is 7.31. The van der Waals surface area contributed by atoms with Gasteiger partial charge in [0.25, 0.3) is 0 Å². The highest BCUT2D eigenvalue weighted by Crippen LogP contribution is 2.24. The standard InChI is InChI=1S/C13H19NO3S/c1-9-7-11(13(14)18)8-10(2)12(9)17-6-5-16-4-3-15/h7-8,15H,3-6H2,1-2H3,(H2,14,18). The van der Waals surface area contributed by atoms with Gasteiger partial charge in [0.15, 0.2) is 0 Å². The summed E-state index contributed by atoms with van der Waals surface area (Å²) in [5.74, 6) is 0.836. The fourth-order valence-electron chi connectivity index (χ4n) is 1.69. The monoisotopic (exact) mass is 269 g/mol. The Kier molecular flexibility index (Phi) is 6.04. The number of nitrogens with two attached hydrogens (primary N) is 1. The van der Waals surface area contributed by atoms with Gasteiger partial charge in [-0.15, -0.1) is 0 Å². The Morgan fingerprint density at radius 3 is 2.33 bits per heavy atom. The first-order chi connectivity index (χ1) is 8.56. The van der Waals surface area contributed by atoms with Crippen molar-refractivity contribution < 1.29 is 14.6 Å². The topological polar surface area (TPSA) is 64.7 Å². The molecule has 0 radical (unpaired) electrons. The van der Waals surface area contributed by atoms with Gasteiger partial charge in [0.2, 0.25) is 0 Å². The van der Waals surface area contributed by atoms with E-state index < -0.39 is 0 Å². The molecule has 0 amide bonds. The van der Waals surface area contributed by atoms with E-state index in [-0.39, 0.29) is 6.61 Å². The largest absolute Gasteiger partial charge is 0.491 e. The van der Waals surface area contributed by atoms with Crippen LogP contribution in [-0.2, 0) is 4.74 Å². The summed E-state index contributed by atoms with van der Waals surface area (Å²) < 4.78 is 10.8. The molecule has 0 bridgehead atoms. The zero-order valence-electron chi connectivity index (χ0n) is 10.7. The van der Waals surface area contributed by atoms with E-state index in [0.717, 1.165) is 22.4 Å². The lowest BCUT2D eigenvalue weighted by atomic mass is 10.1. The van der Waals surface area contributed by atoms with Crippen LogP contribution in [0.2, 0.25) is 0 Å². The maximum atomic E-state index is 8.56. The number of hydrogen-bond donors (Lipinski definition) is 2. The zero-order chi connectivity index (χ0) is 13.5. The predicted molar refractivity (Wildman–Crippen MR) is 75.2 cm³/mol. The average molecular weight is 269 g/mol. The first kappa shape index (κ1) is 14.9. The predicted octanol–water partition coefficient (Wildman–Crippen LogP) is 1.33. The molecule has 0 atom stereocenters. The molecule has 5 heteroatoms. The van der Waals surface area contributed by atoms with Gasteiger partial charge in [-0.1, -0.05) is 12.2 Å². The molecule has 0 saturated carbocycles. The molecule has 3 N–H and O–H groups in total. The number of aliphatic hydroxyl groups excluding tert-OH is 1. The van der Waals surface area contributed by atoms with Crippen LogP contribution in [0, 0.1) is 13.8 Å². The molecule has 0 fully saturated rings. The number of ether oxygens (including phenoxy) is 2. The maximum absolute atomic E-state index is 8.56. The van der Waals surface area contributed by atoms with Gasteiger partial charge in [-0.2, -0.15) is 0 Å². The van der Waals surface area contributed by atoms with E-state index in [4.69, 9.17) is 32.5 Å². The molecule has 1 aromatic carbocycles. The Hall–Kier alpha value is -1.17. The molecule has 0 aliphatic heterocycles. The Morgan fingerprint density at radius 2 is 1.83 bits per heavy atom. The van der Waals surface area contributed by atoms with E-state index in [1.54, 1.807) is 0 Å². The highest BCUT2D eigenvalue weighted by atomic mass is 32.1. The SMILES string of the molecule is Cc1cc(C(N)=S)cc(C)c1OCCOCCO. The molecule has 0 aliphatic carbocycles. The fraction of sp³-hybridized carbons (Fsp3) is 0.462. The molecule has 18 heavy (non-hydrogen) atoms. The van der Waals surface area contributed by atoms with Crippen molar-refractivity contribution in [3.05, 3.63) is 28.8 Å². The van der Waals surface area contributed by atoms with Gasteiger partial charge in [-0.05, 0) is 37.1 Å². The minimum Gasteiger partial charge on any atom is -0.491 e. The minimum absolute atomic E-state index is 0.0285. The number of benzene rings is 1. The van der Waals surface area contributed by atoms with E-state index in [9.17, 15) is 0 Å². The van der Waals surface area contributed by atoms with Crippen LogP contribution in [0.15, 0.2) is 12.1 Å². The molecule has 1 rings (SSSR count). The Labute approximate surface area is 113 Å². The number of hydrogen-bond acceptors (Lipinski definition) is 4. The van der Waals surface area contributed by atoms with Crippen molar-refractivity contribution in [3.63, 3.8) is 0 Å². The molecular weight excluding hydrogens is 250 g/mol. The number of rotatable bonds is 7. The molecule has 0 aliphatic rings. The lowest BCUT2D eigenvalue weighted by molar-refractivity contribution is 0.0702. The fourth-order valence-corrected chi connectivity index (χ4v) is 1.81. The van der Waals surface area contributed by atoms with Gasteiger partial charge >= 0.3 is 0 Å². The zero-order valence-corrected chi connectivity index (χ0v) is 11.5. The summed E-state index contributed by atoms with van der Waals surface area (Å²) in [6, 6.07) is 3.83. The van der Waals surface area contributed by atoms with E-state index >= 15 is 0 Å². The summed E-state index contributed by atoms with van der Waals surface area (Å²) in [7, 11) is 0. The van der Waals surface area contributed by atoms with Crippen LogP contribution in [0.5, 0.6) is 5.75 Å². The smallest absolute Gasteiger partial charge is 0.125 e. The van der Waals surface area contributed by atoms with Crippen LogP contribution in [0.4, 0.5) is 0 Å². The quantitative estimate of drug-likeness (QED) is 0.577. The lowest BCUT2D eigenvalue weighted by Crippen LogP contribution is -2.12. The van der Waals surface area contributed by atoms with Crippen LogP contribution in [0.3, 0.4) is 0 Å². The third-order valence-corrected chi connectivity index (χ3v) is 2.69. The first-order valence-corrected chi connectivity index (χ1v) is 6.19. The Bertz CT molecular complexity index is 398. The van der Waals surface area contributed by atoms with Crippen LogP contribution in [0.1, 0.15) is 16.7 Å². The molecule has 100 valence electrons. The number of aryl methyl sites for hydroxylation is 2. The highest BCUT2D eigenvalue weighted by molar-refractivity contribution is 7.80. The van der Waals surface area contributed by atoms with Crippen LogP contribution in [0.25, 0.3) is 0 Å². The summed E-state index contributed by atoms with van der Waals surface area (Å²) in [6.45, 7) is 5.18. The third-order valence-electron chi connectivity index (χ3n) is 2.45. The van der Waals surface area contributed by atoms with E-state index in [0.29, 0.717) is 24.8 Å². The lowest BCUT2D eigenvalue weighted by Gasteiger charge is -2.13. The molecule has 1 aromatic rings. The van der Waals surface area contributed by atoms with Gasteiger partial charge in [0.1, 0.15) is 17.3 Å². The molecule has 0 saturated heterocycles. The van der Waals surface area contributed by atoms with Gasteiger partial charge < -0.3 is 20.3 Å². The number of thiocarbonyl (C=S) groups is 1.